The van der Waals surface area contributed by atoms with Crippen LogP contribution in [0.2, 0.25) is 0 Å². The van der Waals surface area contributed by atoms with E-state index in [1.165, 1.54) is 44.9 Å². The van der Waals surface area contributed by atoms with Crippen molar-refractivity contribution in [1.82, 2.24) is 0 Å². The Balaban J connectivity index is 3.79. The monoisotopic (exact) mass is 336 g/mol. The van der Waals surface area contributed by atoms with Gasteiger partial charge in [0.1, 0.15) is 0 Å². The Morgan fingerprint density at radius 3 is 1.95 bits per heavy atom. The molecule has 0 aromatic carbocycles. The summed E-state index contributed by atoms with van der Waals surface area (Å²) in [6.45, 7) is 4.21. The first-order valence-electron chi connectivity index (χ1n) is 8.20. The van der Waals surface area contributed by atoms with Crippen molar-refractivity contribution in [2.75, 3.05) is 0 Å². The van der Waals surface area contributed by atoms with Crippen LogP contribution in [0, 0.1) is 0 Å². The van der Waals surface area contributed by atoms with Gasteiger partial charge in [0, 0.05) is 0 Å². The van der Waals surface area contributed by atoms with Crippen LogP contribution in [0.3, 0.4) is 0 Å². The molecular weight excluding hydrogens is 303 g/mol. The van der Waals surface area contributed by atoms with E-state index in [2.05, 4.69) is 25.3 Å². The molecular formula is C16H33O3PS. The van der Waals surface area contributed by atoms with Crippen molar-refractivity contribution in [2.24, 2.45) is 0 Å². The standard InChI is InChI=1S/C16H33O3PS/c1-4-6-7-8-9-10-11-12-13-15-16(3,14-5-2)19-20(17,18)21/h5H,2,4,6-15H2,1,3H3,(H2,17,18,21). The van der Waals surface area contributed by atoms with Gasteiger partial charge in [-0.3, -0.25) is 0 Å². The Morgan fingerprint density at radius 2 is 1.52 bits per heavy atom. The second-order valence-electron chi connectivity index (χ2n) is 6.10. The zero-order valence-corrected chi connectivity index (χ0v) is 15.4. The SMILES string of the molecule is C=CCC(C)(CCCCCCCCCCC)OP(O)(O)=S. The lowest BCUT2D eigenvalue weighted by atomic mass is 9.94. The van der Waals surface area contributed by atoms with E-state index in [0.29, 0.717) is 6.42 Å². The number of rotatable bonds is 14. The van der Waals surface area contributed by atoms with Crippen LogP contribution in [0.4, 0.5) is 0 Å². The molecule has 0 aliphatic rings. The minimum Gasteiger partial charge on any atom is -0.325 e. The van der Waals surface area contributed by atoms with E-state index >= 15 is 0 Å². The highest BCUT2D eigenvalue weighted by atomic mass is 32.5. The number of hydrogen-bond donors (Lipinski definition) is 2. The molecule has 0 bridgehead atoms. The van der Waals surface area contributed by atoms with Crippen LogP contribution < -0.4 is 0 Å². The molecule has 2 N–H and O–H groups in total. The number of hydrogen-bond acceptors (Lipinski definition) is 2. The summed E-state index contributed by atoms with van der Waals surface area (Å²) in [5, 5.41) is 0. The van der Waals surface area contributed by atoms with Crippen LogP contribution in [-0.2, 0) is 16.3 Å². The van der Waals surface area contributed by atoms with E-state index in [0.717, 1.165) is 19.3 Å². The maximum Gasteiger partial charge on any atom is 0.322 e. The summed E-state index contributed by atoms with van der Waals surface area (Å²) in [7, 11) is 0. The van der Waals surface area contributed by atoms with Gasteiger partial charge in [-0.1, -0.05) is 70.8 Å². The fourth-order valence-corrected chi connectivity index (χ4v) is 3.87. The maximum absolute atomic E-state index is 9.35. The van der Waals surface area contributed by atoms with Crippen LogP contribution in [-0.4, -0.2) is 15.4 Å². The van der Waals surface area contributed by atoms with Crippen molar-refractivity contribution >= 4 is 18.5 Å². The van der Waals surface area contributed by atoms with Gasteiger partial charge in [0.05, 0.1) is 5.60 Å². The van der Waals surface area contributed by atoms with Crippen LogP contribution in [0.1, 0.15) is 84.5 Å². The smallest absolute Gasteiger partial charge is 0.322 e. The Morgan fingerprint density at radius 1 is 1.05 bits per heavy atom. The Hall–Kier alpha value is 0.270. The van der Waals surface area contributed by atoms with Gasteiger partial charge in [-0.05, 0) is 31.6 Å². The van der Waals surface area contributed by atoms with Gasteiger partial charge in [0.15, 0.2) is 0 Å². The third-order valence-corrected chi connectivity index (χ3v) is 4.63. The summed E-state index contributed by atoms with van der Waals surface area (Å²) in [5.41, 5.74) is -0.595. The first-order chi connectivity index (χ1) is 9.83. The molecule has 0 radical (unpaired) electrons. The molecule has 21 heavy (non-hydrogen) atoms. The third kappa shape index (κ3) is 13.6. The average molecular weight is 336 g/mol. The van der Waals surface area contributed by atoms with Crippen molar-refractivity contribution in [3.63, 3.8) is 0 Å². The molecule has 0 rings (SSSR count). The normalized spacial score (nSPS) is 14.9. The molecule has 126 valence electrons. The predicted octanol–water partition coefficient (Wildman–Crippen LogP) is 5.47. The predicted molar refractivity (Wildman–Crippen MR) is 94.9 cm³/mol. The molecule has 0 heterocycles. The molecule has 0 spiro atoms. The van der Waals surface area contributed by atoms with E-state index in [9.17, 15) is 9.79 Å². The molecule has 1 atom stereocenters. The molecule has 0 aromatic heterocycles. The maximum atomic E-state index is 9.35. The van der Waals surface area contributed by atoms with Crippen molar-refractivity contribution in [1.29, 1.82) is 0 Å². The van der Waals surface area contributed by atoms with E-state index in [4.69, 9.17) is 4.52 Å². The van der Waals surface area contributed by atoms with Crippen molar-refractivity contribution < 1.29 is 14.3 Å². The van der Waals surface area contributed by atoms with Gasteiger partial charge in [-0.2, -0.15) is 0 Å². The average Bonchev–Trinajstić information content (AvgIpc) is 2.35. The number of unbranched alkanes of at least 4 members (excludes halogenated alkanes) is 8. The second-order valence-corrected chi connectivity index (χ2v) is 8.69. The van der Waals surface area contributed by atoms with Crippen LogP contribution >= 0.6 is 6.72 Å². The van der Waals surface area contributed by atoms with E-state index in [1.54, 1.807) is 6.08 Å². The van der Waals surface area contributed by atoms with Crippen molar-refractivity contribution in [3.8, 4) is 0 Å². The molecule has 1 unspecified atom stereocenters. The molecule has 0 amide bonds. The summed E-state index contributed by atoms with van der Waals surface area (Å²) >= 11 is 4.58. The van der Waals surface area contributed by atoms with Crippen LogP contribution in [0.15, 0.2) is 12.7 Å². The Kier molecular flexibility index (Phi) is 11.9. The van der Waals surface area contributed by atoms with E-state index in [1.807, 2.05) is 6.92 Å². The zero-order chi connectivity index (χ0) is 16.2. The highest BCUT2D eigenvalue weighted by Crippen LogP contribution is 2.44. The second kappa shape index (κ2) is 11.8. The summed E-state index contributed by atoms with van der Waals surface area (Å²) in [6, 6.07) is 0. The molecule has 0 aromatic rings. The van der Waals surface area contributed by atoms with E-state index < -0.39 is 12.3 Å². The lowest BCUT2D eigenvalue weighted by Gasteiger charge is -2.30. The summed E-state index contributed by atoms with van der Waals surface area (Å²) < 4.78 is 5.30. The molecule has 3 nitrogen and oxygen atoms in total. The van der Waals surface area contributed by atoms with Gasteiger partial charge in [-0.25, -0.2) is 0 Å². The minimum atomic E-state index is -3.61. The first kappa shape index (κ1) is 21.3. The fourth-order valence-electron chi connectivity index (χ4n) is 2.59. The van der Waals surface area contributed by atoms with Gasteiger partial charge in [0.2, 0.25) is 0 Å². The Labute approximate surface area is 136 Å². The van der Waals surface area contributed by atoms with Crippen molar-refractivity contribution in [2.45, 2.75) is 90.1 Å². The molecule has 0 aliphatic heterocycles. The lowest BCUT2D eigenvalue weighted by Crippen LogP contribution is -2.26. The van der Waals surface area contributed by atoms with Crippen LogP contribution in [0.25, 0.3) is 0 Å². The van der Waals surface area contributed by atoms with Crippen LogP contribution in [0.5, 0.6) is 0 Å². The van der Waals surface area contributed by atoms with Gasteiger partial charge in [0.25, 0.3) is 0 Å². The zero-order valence-electron chi connectivity index (χ0n) is 13.7. The molecule has 0 aliphatic carbocycles. The van der Waals surface area contributed by atoms with Gasteiger partial charge >= 0.3 is 6.72 Å². The fraction of sp³-hybridized carbons (Fsp3) is 0.875. The summed E-state index contributed by atoms with van der Waals surface area (Å²) in [6.07, 6.45) is 14.5. The Bertz CT molecular complexity index is 317. The molecule has 0 fully saturated rings. The molecule has 5 heteroatoms. The molecule has 0 saturated heterocycles. The molecule has 0 saturated carbocycles. The topological polar surface area (TPSA) is 49.7 Å². The summed E-state index contributed by atoms with van der Waals surface area (Å²) in [5.74, 6) is 0. The summed E-state index contributed by atoms with van der Waals surface area (Å²) in [4.78, 5) is 18.7. The van der Waals surface area contributed by atoms with Gasteiger partial charge < -0.3 is 14.3 Å². The highest BCUT2D eigenvalue weighted by molar-refractivity contribution is 8.06. The van der Waals surface area contributed by atoms with Gasteiger partial charge in [-0.15, -0.1) is 6.58 Å². The quantitative estimate of drug-likeness (QED) is 0.251. The largest absolute Gasteiger partial charge is 0.325 e. The third-order valence-electron chi connectivity index (χ3n) is 3.72. The minimum absolute atomic E-state index is 0.587. The van der Waals surface area contributed by atoms with Crippen molar-refractivity contribution in [3.05, 3.63) is 12.7 Å². The highest BCUT2D eigenvalue weighted by Gasteiger charge is 2.29. The van der Waals surface area contributed by atoms with E-state index in [-0.39, 0.29) is 0 Å². The first-order valence-corrected chi connectivity index (χ1v) is 10.8. The lowest BCUT2D eigenvalue weighted by molar-refractivity contribution is 0.0621.